The minimum absolute atomic E-state index is 0. The molecule has 0 unspecified atom stereocenters. The monoisotopic (exact) mass is 410 g/mol. The first-order valence-electron chi connectivity index (χ1n) is 8.50. The lowest BCUT2D eigenvalue weighted by Gasteiger charge is -2.24. The Bertz CT molecular complexity index is 265. The maximum Gasteiger partial charge on any atom is 0.191 e. The topological polar surface area (TPSA) is 39.7 Å². The van der Waals surface area contributed by atoms with E-state index in [1.165, 1.54) is 44.9 Å². The fraction of sp³-hybridized carbons (Fsp3) is 0.938. The molecule has 1 rings (SSSR count). The second-order valence-corrected chi connectivity index (χ2v) is 5.81. The van der Waals surface area contributed by atoms with E-state index < -0.39 is 0 Å². The van der Waals surface area contributed by atoms with Crippen molar-refractivity contribution in [1.29, 1.82) is 0 Å². The largest absolute Gasteiger partial charge is 0.357 e. The van der Waals surface area contributed by atoms with Crippen molar-refractivity contribution in [3.63, 3.8) is 0 Å². The molecule has 4 nitrogen and oxygen atoms in total. The van der Waals surface area contributed by atoms with Crippen LogP contribution in [0.15, 0.2) is 4.99 Å². The molecule has 126 valence electrons. The van der Waals surface area contributed by atoms with Gasteiger partial charge in [-0.1, -0.05) is 32.6 Å². The SMILES string of the molecule is CCCCCN=C(NCC)NCCN(C)C1CCCC1.I. The molecule has 2 N–H and O–H groups in total. The molecule has 0 atom stereocenters. The molecule has 1 aliphatic rings. The maximum absolute atomic E-state index is 4.62. The Labute approximate surface area is 148 Å². The molecule has 0 bridgehead atoms. The zero-order valence-electron chi connectivity index (χ0n) is 14.2. The maximum atomic E-state index is 4.62. The van der Waals surface area contributed by atoms with E-state index in [4.69, 9.17) is 0 Å². The molecular weight excluding hydrogens is 375 g/mol. The summed E-state index contributed by atoms with van der Waals surface area (Å²) >= 11 is 0. The standard InChI is InChI=1S/C16H34N4.HI/c1-4-6-9-12-18-16(17-5-2)19-13-14-20(3)15-10-7-8-11-15;/h15H,4-14H2,1-3H3,(H2,17,18,19);1H. The third-order valence-corrected chi connectivity index (χ3v) is 4.08. The molecule has 0 aromatic rings. The first-order chi connectivity index (χ1) is 9.77. The summed E-state index contributed by atoms with van der Waals surface area (Å²) in [6.45, 7) is 8.29. The molecule has 0 aromatic heterocycles. The van der Waals surface area contributed by atoms with Gasteiger partial charge in [-0.2, -0.15) is 0 Å². The summed E-state index contributed by atoms with van der Waals surface area (Å²) in [5.41, 5.74) is 0. The van der Waals surface area contributed by atoms with Gasteiger partial charge in [-0.15, -0.1) is 24.0 Å². The van der Waals surface area contributed by atoms with Crippen molar-refractivity contribution in [3.05, 3.63) is 0 Å². The molecular formula is C16H35IN4. The molecule has 0 saturated heterocycles. The first-order valence-corrected chi connectivity index (χ1v) is 8.50. The summed E-state index contributed by atoms with van der Waals surface area (Å²) in [5.74, 6) is 0.975. The van der Waals surface area contributed by atoms with Crippen molar-refractivity contribution in [1.82, 2.24) is 15.5 Å². The molecule has 0 heterocycles. The van der Waals surface area contributed by atoms with Gasteiger partial charge in [0, 0.05) is 32.2 Å². The Kier molecular flexibility index (Phi) is 13.6. The van der Waals surface area contributed by atoms with Crippen molar-refractivity contribution in [3.8, 4) is 0 Å². The number of halogens is 1. The van der Waals surface area contributed by atoms with E-state index in [1.54, 1.807) is 0 Å². The van der Waals surface area contributed by atoms with E-state index in [9.17, 15) is 0 Å². The molecule has 0 spiro atoms. The average molecular weight is 410 g/mol. The highest BCUT2D eigenvalue weighted by Crippen LogP contribution is 2.21. The Balaban J connectivity index is 0.00000400. The van der Waals surface area contributed by atoms with Crippen LogP contribution in [0, 0.1) is 0 Å². The third kappa shape index (κ3) is 9.55. The second-order valence-electron chi connectivity index (χ2n) is 5.81. The van der Waals surface area contributed by atoms with Crippen LogP contribution in [-0.2, 0) is 0 Å². The predicted octanol–water partition coefficient (Wildman–Crippen LogP) is 3.22. The molecule has 5 heteroatoms. The third-order valence-electron chi connectivity index (χ3n) is 4.08. The highest BCUT2D eigenvalue weighted by atomic mass is 127. The van der Waals surface area contributed by atoms with Gasteiger partial charge in [-0.3, -0.25) is 4.99 Å². The molecule has 0 amide bonds. The Morgan fingerprint density at radius 3 is 2.48 bits per heavy atom. The van der Waals surface area contributed by atoms with E-state index in [0.717, 1.165) is 38.2 Å². The number of unbranched alkanes of at least 4 members (excludes halogenated alkanes) is 2. The van der Waals surface area contributed by atoms with Gasteiger partial charge >= 0.3 is 0 Å². The Hall–Kier alpha value is -0.0400. The first kappa shape index (κ1) is 21.0. The lowest BCUT2D eigenvalue weighted by molar-refractivity contribution is 0.249. The van der Waals surface area contributed by atoms with Crippen LogP contribution < -0.4 is 10.6 Å². The molecule has 0 aromatic carbocycles. The summed E-state index contributed by atoms with van der Waals surface area (Å²) in [7, 11) is 2.25. The molecule has 1 aliphatic carbocycles. The number of rotatable bonds is 9. The van der Waals surface area contributed by atoms with E-state index in [0.29, 0.717) is 0 Å². The van der Waals surface area contributed by atoms with Crippen molar-refractivity contribution < 1.29 is 0 Å². The normalized spacial score (nSPS) is 16.1. The van der Waals surface area contributed by atoms with Crippen LogP contribution in [0.5, 0.6) is 0 Å². The second kappa shape index (κ2) is 13.6. The summed E-state index contributed by atoms with van der Waals surface area (Å²) in [5, 5.41) is 6.77. The van der Waals surface area contributed by atoms with Crippen LogP contribution in [0.25, 0.3) is 0 Å². The minimum Gasteiger partial charge on any atom is -0.357 e. The zero-order valence-corrected chi connectivity index (χ0v) is 16.5. The van der Waals surface area contributed by atoms with Gasteiger partial charge in [-0.25, -0.2) is 0 Å². The van der Waals surface area contributed by atoms with Gasteiger partial charge in [0.05, 0.1) is 0 Å². The Morgan fingerprint density at radius 2 is 1.86 bits per heavy atom. The van der Waals surface area contributed by atoms with Crippen molar-refractivity contribution in [2.75, 3.05) is 33.2 Å². The minimum atomic E-state index is 0. The smallest absolute Gasteiger partial charge is 0.191 e. The molecule has 1 saturated carbocycles. The van der Waals surface area contributed by atoms with Crippen molar-refractivity contribution >= 4 is 29.9 Å². The fourth-order valence-electron chi connectivity index (χ4n) is 2.77. The van der Waals surface area contributed by atoms with Gasteiger partial charge in [-0.05, 0) is 33.2 Å². The average Bonchev–Trinajstić information content (AvgIpc) is 2.97. The van der Waals surface area contributed by atoms with Crippen LogP contribution in [0.1, 0.15) is 58.8 Å². The molecule has 1 fully saturated rings. The van der Waals surface area contributed by atoms with E-state index in [1.807, 2.05) is 0 Å². The van der Waals surface area contributed by atoms with Crippen molar-refractivity contribution in [2.45, 2.75) is 64.8 Å². The van der Waals surface area contributed by atoms with E-state index >= 15 is 0 Å². The van der Waals surface area contributed by atoms with E-state index in [2.05, 4.69) is 41.4 Å². The number of nitrogens with one attached hydrogen (secondary N) is 2. The van der Waals surface area contributed by atoms with Crippen LogP contribution in [0.2, 0.25) is 0 Å². The van der Waals surface area contributed by atoms with Crippen LogP contribution >= 0.6 is 24.0 Å². The lowest BCUT2D eigenvalue weighted by Crippen LogP contribution is -2.42. The number of aliphatic imine (C=N–C) groups is 1. The summed E-state index contributed by atoms with van der Waals surface area (Å²) in [4.78, 5) is 7.12. The van der Waals surface area contributed by atoms with Gasteiger partial charge in [0.1, 0.15) is 0 Å². The fourth-order valence-corrected chi connectivity index (χ4v) is 2.77. The van der Waals surface area contributed by atoms with Crippen LogP contribution in [0.3, 0.4) is 0 Å². The highest BCUT2D eigenvalue weighted by molar-refractivity contribution is 14.0. The summed E-state index contributed by atoms with van der Waals surface area (Å²) in [6, 6.07) is 0.806. The number of likely N-dealkylation sites (N-methyl/N-ethyl adjacent to an activating group) is 1. The number of guanidine groups is 1. The van der Waals surface area contributed by atoms with Gasteiger partial charge in [0.15, 0.2) is 5.96 Å². The number of hydrogen-bond donors (Lipinski definition) is 2. The van der Waals surface area contributed by atoms with Gasteiger partial charge < -0.3 is 15.5 Å². The van der Waals surface area contributed by atoms with E-state index in [-0.39, 0.29) is 24.0 Å². The van der Waals surface area contributed by atoms with Gasteiger partial charge in [0.2, 0.25) is 0 Å². The molecule has 21 heavy (non-hydrogen) atoms. The summed E-state index contributed by atoms with van der Waals surface area (Å²) < 4.78 is 0. The van der Waals surface area contributed by atoms with Gasteiger partial charge in [0.25, 0.3) is 0 Å². The number of hydrogen-bond acceptors (Lipinski definition) is 2. The van der Waals surface area contributed by atoms with Crippen molar-refractivity contribution in [2.24, 2.45) is 4.99 Å². The summed E-state index contributed by atoms with van der Waals surface area (Å²) in [6.07, 6.45) is 9.28. The van der Waals surface area contributed by atoms with Crippen LogP contribution in [-0.4, -0.2) is 50.1 Å². The Morgan fingerprint density at radius 1 is 1.14 bits per heavy atom. The molecule has 0 radical (unpaired) electrons. The van der Waals surface area contributed by atoms with Crippen LogP contribution in [0.4, 0.5) is 0 Å². The predicted molar refractivity (Wildman–Crippen MR) is 104 cm³/mol. The molecule has 0 aliphatic heterocycles. The highest BCUT2D eigenvalue weighted by Gasteiger charge is 2.18. The zero-order chi connectivity index (χ0) is 14.6. The lowest BCUT2D eigenvalue weighted by atomic mass is 10.2. The number of nitrogens with zero attached hydrogens (tertiary/aromatic N) is 2. The quantitative estimate of drug-likeness (QED) is 0.265.